The van der Waals surface area contributed by atoms with Crippen LogP contribution in [0.25, 0.3) is 54.2 Å². The summed E-state index contributed by atoms with van der Waals surface area (Å²) in [5.41, 5.74) is 6.74. The maximum Gasteiger partial charge on any atom is 0.0918 e. The lowest BCUT2D eigenvalue weighted by Gasteiger charge is -2.21. The van der Waals surface area contributed by atoms with Crippen LogP contribution in [0.5, 0.6) is 0 Å². The van der Waals surface area contributed by atoms with Gasteiger partial charge in [-0.25, -0.2) is 0 Å². The van der Waals surface area contributed by atoms with Gasteiger partial charge >= 0.3 is 0 Å². The van der Waals surface area contributed by atoms with E-state index in [1.54, 1.807) is 0 Å². The molecule has 7 aromatic rings. The van der Waals surface area contributed by atoms with Gasteiger partial charge in [-0.1, -0.05) is 121 Å². The topological polar surface area (TPSA) is 24.7 Å². The summed E-state index contributed by atoms with van der Waals surface area (Å²) in [6.45, 7) is 1.40. The maximum absolute atomic E-state index is 5.17. The summed E-state index contributed by atoms with van der Waals surface area (Å²) in [6.07, 6.45) is 0. The SMILES string of the molecule is c1ccc2cc(C3=NCCN=C3c3c4ccccc4c(-c4ccc5ccccc5c4)c4ccccc34)ccc2c1. The van der Waals surface area contributed by atoms with Gasteiger partial charge in [0.15, 0.2) is 0 Å². The predicted octanol–water partition coefficient (Wildman–Crippen LogP) is 9.26. The summed E-state index contributed by atoms with van der Waals surface area (Å²) in [6, 6.07) is 48.1. The normalized spacial score (nSPS) is 13.6. The number of nitrogens with zero attached hydrogens (tertiary/aromatic N) is 2. The number of benzene rings is 7. The lowest BCUT2D eigenvalue weighted by Crippen LogP contribution is -2.23. The molecule has 0 radical (unpaired) electrons. The van der Waals surface area contributed by atoms with Gasteiger partial charge in [0.2, 0.25) is 0 Å². The second kappa shape index (κ2) is 9.29. The monoisotopic (exact) mass is 510 g/mol. The van der Waals surface area contributed by atoms with Crippen LogP contribution in [0.2, 0.25) is 0 Å². The largest absolute Gasteiger partial charge is 0.281 e. The van der Waals surface area contributed by atoms with Crippen LogP contribution in [0.1, 0.15) is 11.1 Å². The van der Waals surface area contributed by atoms with Gasteiger partial charge < -0.3 is 0 Å². The van der Waals surface area contributed by atoms with Crippen LogP contribution < -0.4 is 0 Å². The summed E-state index contributed by atoms with van der Waals surface area (Å²) < 4.78 is 0. The first-order chi connectivity index (χ1) is 19.8. The number of fused-ring (bicyclic) bond motifs is 4. The minimum Gasteiger partial charge on any atom is -0.281 e. The number of hydrogen-bond acceptors (Lipinski definition) is 2. The quantitative estimate of drug-likeness (QED) is 0.212. The van der Waals surface area contributed by atoms with E-state index in [2.05, 4.69) is 133 Å². The van der Waals surface area contributed by atoms with Gasteiger partial charge in [-0.05, 0) is 66.3 Å². The molecule has 1 heterocycles. The molecular formula is C38H26N2. The van der Waals surface area contributed by atoms with Crippen LogP contribution in [0, 0.1) is 0 Å². The first-order valence-corrected chi connectivity index (χ1v) is 13.9. The summed E-state index contributed by atoms with van der Waals surface area (Å²) in [7, 11) is 0. The number of aliphatic imine (C=N–C) groups is 2. The molecule has 0 spiro atoms. The molecule has 0 saturated carbocycles. The van der Waals surface area contributed by atoms with Crippen LogP contribution in [-0.2, 0) is 0 Å². The van der Waals surface area contributed by atoms with E-state index in [1.165, 1.54) is 59.8 Å². The Morgan fingerprint density at radius 3 is 1.35 bits per heavy atom. The van der Waals surface area contributed by atoms with E-state index in [-0.39, 0.29) is 0 Å². The molecule has 8 rings (SSSR count). The predicted molar refractivity (Wildman–Crippen MR) is 171 cm³/mol. The first-order valence-electron chi connectivity index (χ1n) is 13.9. The molecule has 0 unspecified atom stereocenters. The third-order valence-electron chi connectivity index (χ3n) is 8.09. The molecule has 0 atom stereocenters. The van der Waals surface area contributed by atoms with Crippen molar-refractivity contribution < 1.29 is 0 Å². The van der Waals surface area contributed by atoms with Crippen LogP contribution >= 0.6 is 0 Å². The minimum atomic E-state index is 0.696. The Labute approximate surface area is 233 Å². The first kappa shape index (κ1) is 22.9. The van der Waals surface area contributed by atoms with Crippen molar-refractivity contribution in [3.63, 3.8) is 0 Å². The van der Waals surface area contributed by atoms with Crippen LogP contribution in [0.3, 0.4) is 0 Å². The van der Waals surface area contributed by atoms with Gasteiger partial charge in [0.1, 0.15) is 0 Å². The Balaban J connectivity index is 1.41. The van der Waals surface area contributed by atoms with Crippen molar-refractivity contribution in [2.45, 2.75) is 0 Å². The molecular weight excluding hydrogens is 484 g/mol. The third-order valence-corrected chi connectivity index (χ3v) is 8.09. The summed E-state index contributed by atoms with van der Waals surface area (Å²) in [4.78, 5) is 10.2. The Morgan fingerprint density at radius 1 is 0.350 bits per heavy atom. The molecule has 7 aromatic carbocycles. The lowest BCUT2D eigenvalue weighted by molar-refractivity contribution is 0.965. The van der Waals surface area contributed by atoms with E-state index in [0.29, 0.717) is 13.1 Å². The Kier molecular flexibility index (Phi) is 5.31. The molecule has 0 N–H and O–H groups in total. The molecule has 2 heteroatoms. The summed E-state index contributed by atoms with van der Waals surface area (Å²) in [5, 5.41) is 9.84. The zero-order valence-electron chi connectivity index (χ0n) is 22.0. The molecule has 0 fully saturated rings. The average Bonchev–Trinajstić information content (AvgIpc) is 3.03. The average molecular weight is 511 g/mol. The van der Waals surface area contributed by atoms with E-state index in [0.717, 1.165) is 17.0 Å². The third kappa shape index (κ3) is 3.65. The lowest BCUT2D eigenvalue weighted by atomic mass is 9.84. The highest BCUT2D eigenvalue weighted by Crippen LogP contribution is 2.41. The van der Waals surface area contributed by atoms with Crippen LogP contribution in [-0.4, -0.2) is 24.5 Å². The van der Waals surface area contributed by atoms with Crippen molar-refractivity contribution in [2.75, 3.05) is 13.1 Å². The van der Waals surface area contributed by atoms with Crippen molar-refractivity contribution >= 4 is 54.5 Å². The van der Waals surface area contributed by atoms with E-state index >= 15 is 0 Å². The fourth-order valence-corrected chi connectivity index (χ4v) is 6.27. The fourth-order valence-electron chi connectivity index (χ4n) is 6.27. The Morgan fingerprint density at radius 2 is 0.775 bits per heavy atom. The van der Waals surface area contributed by atoms with Gasteiger partial charge in [0, 0.05) is 11.1 Å². The van der Waals surface area contributed by atoms with Crippen LogP contribution in [0.15, 0.2) is 143 Å². The van der Waals surface area contributed by atoms with E-state index in [4.69, 9.17) is 9.98 Å². The van der Waals surface area contributed by atoms with Gasteiger partial charge in [-0.2, -0.15) is 0 Å². The fraction of sp³-hybridized carbons (Fsp3) is 0.0526. The molecule has 40 heavy (non-hydrogen) atoms. The Bertz CT molecular complexity index is 2110. The summed E-state index contributed by atoms with van der Waals surface area (Å²) >= 11 is 0. The maximum atomic E-state index is 5.17. The van der Waals surface area contributed by atoms with Crippen molar-refractivity contribution in [3.8, 4) is 11.1 Å². The van der Waals surface area contributed by atoms with Crippen LogP contribution in [0.4, 0.5) is 0 Å². The van der Waals surface area contributed by atoms with Crippen molar-refractivity contribution in [1.82, 2.24) is 0 Å². The van der Waals surface area contributed by atoms with E-state index < -0.39 is 0 Å². The smallest absolute Gasteiger partial charge is 0.0918 e. The van der Waals surface area contributed by atoms with E-state index in [9.17, 15) is 0 Å². The van der Waals surface area contributed by atoms with Gasteiger partial charge in [0.05, 0.1) is 24.5 Å². The molecule has 1 aliphatic heterocycles. The van der Waals surface area contributed by atoms with E-state index in [1.807, 2.05) is 0 Å². The van der Waals surface area contributed by atoms with Gasteiger partial charge in [-0.15, -0.1) is 0 Å². The number of hydrogen-bond donors (Lipinski definition) is 0. The van der Waals surface area contributed by atoms with Crippen molar-refractivity contribution in [3.05, 3.63) is 145 Å². The molecule has 0 amide bonds. The highest BCUT2D eigenvalue weighted by molar-refractivity contribution is 6.57. The molecule has 1 aliphatic rings. The highest BCUT2D eigenvalue weighted by Gasteiger charge is 2.24. The zero-order chi connectivity index (χ0) is 26.5. The Hall–Kier alpha value is -5.08. The second-order valence-corrected chi connectivity index (χ2v) is 10.4. The molecule has 0 aromatic heterocycles. The molecule has 2 nitrogen and oxygen atoms in total. The summed E-state index contributed by atoms with van der Waals surface area (Å²) in [5.74, 6) is 0. The van der Waals surface area contributed by atoms with Crippen molar-refractivity contribution in [2.24, 2.45) is 9.98 Å². The molecule has 0 saturated heterocycles. The van der Waals surface area contributed by atoms with Gasteiger partial charge in [0.25, 0.3) is 0 Å². The molecule has 0 bridgehead atoms. The molecule has 0 aliphatic carbocycles. The van der Waals surface area contributed by atoms with Gasteiger partial charge in [-0.3, -0.25) is 9.98 Å². The van der Waals surface area contributed by atoms with Crippen molar-refractivity contribution in [1.29, 1.82) is 0 Å². The second-order valence-electron chi connectivity index (χ2n) is 10.4. The standard InChI is InChI=1S/C38H26N2/c1-3-11-27-23-29(19-17-25(27)9-1)35-31-13-5-7-15-33(31)36(34-16-8-6-14-32(34)35)38-37(39-21-22-40-38)30-20-18-26-10-2-4-12-28(26)24-30/h1-20,23-24H,21-22H2. The molecule has 188 valence electrons. The number of rotatable bonds is 3. The highest BCUT2D eigenvalue weighted by atomic mass is 14.9. The minimum absolute atomic E-state index is 0.696. The zero-order valence-corrected chi connectivity index (χ0v) is 22.0.